The van der Waals surface area contributed by atoms with Gasteiger partial charge in [-0.1, -0.05) is 25.1 Å². The van der Waals surface area contributed by atoms with Gasteiger partial charge >= 0.3 is 0 Å². The topological polar surface area (TPSA) is 53.5 Å². The number of benzene rings is 2. The van der Waals surface area contributed by atoms with Crippen molar-refractivity contribution >= 4 is 22.6 Å². The Morgan fingerprint density at radius 2 is 1.77 bits per heavy atom. The molecule has 1 fully saturated rings. The van der Waals surface area contributed by atoms with Gasteiger partial charge in [-0.3, -0.25) is 14.6 Å². The summed E-state index contributed by atoms with van der Waals surface area (Å²) in [6.07, 6.45) is 5.43. The van der Waals surface area contributed by atoms with Crippen LogP contribution >= 0.6 is 0 Å². The summed E-state index contributed by atoms with van der Waals surface area (Å²) >= 11 is 0. The lowest BCUT2D eigenvalue weighted by atomic mass is 9.99. The van der Waals surface area contributed by atoms with Crippen LogP contribution in [0.15, 0.2) is 54.9 Å². The highest BCUT2D eigenvalue weighted by molar-refractivity contribution is 5.95. The van der Waals surface area contributed by atoms with Crippen LogP contribution in [0.4, 0.5) is 4.39 Å². The first kappa shape index (κ1) is 21.0. The molecule has 0 saturated carbocycles. The molecule has 0 bridgehead atoms. The van der Waals surface area contributed by atoms with Crippen LogP contribution in [0, 0.1) is 5.82 Å². The summed E-state index contributed by atoms with van der Waals surface area (Å²) in [6, 6.07) is 12.6. The first-order valence-corrected chi connectivity index (χ1v) is 10.7. The van der Waals surface area contributed by atoms with E-state index in [4.69, 9.17) is 0 Å². The molecule has 0 atom stereocenters. The molecule has 0 unspecified atom stereocenters. The third kappa shape index (κ3) is 4.29. The number of carbonyl (C=O) groups is 2. The van der Waals surface area contributed by atoms with Crippen molar-refractivity contribution in [3.05, 3.63) is 66.2 Å². The van der Waals surface area contributed by atoms with Crippen molar-refractivity contribution in [2.75, 3.05) is 20.1 Å². The van der Waals surface area contributed by atoms with Gasteiger partial charge in [-0.2, -0.15) is 0 Å². The molecular formula is C25H26FN3O2. The summed E-state index contributed by atoms with van der Waals surface area (Å²) in [5, 5.41) is 2.05. The zero-order valence-electron chi connectivity index (χ0n) is 17.8. The number of nitrogens with zero attached hydrogens (tertiary/aromatic N) is 3. The van der Waals surface area contributed by atoms with Gasteiger partial charge in [-0.15, -0.1) is 0 Å². The van der Waals surface area contributed by atoms with Crippen molar-refractivity contribution in [2.24, 2.45) is 0 Å². The number of hydrogen-bond acceptors (Lipinski definition) is 3. The molecule has 2 amide bonds. The molecule has 0 spiro atoms. The molecule has 1 saturated heterocycles. The Morgan fingerprint density at radius 3 is 2.48 bits per heavy atom. The molecule has 4 rings (SSSR count). The molecule has 1 aromatic heterocycles. The van der Waals surface area contributed by atoms with E-state index in [1.165, 1.54) is 6.07 Å². The average Bonchev–Trinajstić information content (AvgIpc) is 2.82. The number of rotatable bonds is 4. The quantitative estimate of drug-likeness (QED) is 0.625. The average molecular weight is 420 g/mol. The lowest BCUT2D eigenvalue weighted by Gasteiger charge is -2.36. The zero-order valence-corrected chi connectivity index (χ0v) is 17.8. The molecule has 3 aromatic rings. The molecule has 0 radical (unpaired) electrons. The number of fused-ring (bicyclic) bond motifs is 1. The normalized spacial score (nSPS) is 14.6. The highest BCUT2D eigenvalue weighted by atomic mass is 19.1. The van der Waals surface area contributed by atoms with E-state index in [2.05, 4.69) is 4.98 Å². The van der Waals surface area contributed by atoms with Crippen LogP contribution in [-0.2, 0) is 4.79 Å². The summed E-state index contributed by atoms with van der Waals surface area (Å²) < 4.78 is 14.9. The SMILES string of the molecule is CCC(=O)N1CCC(N(C)C(=O)c2ccc(-c3ccc4cnccc4c3)cc2F)CC1. The number of amides is 2. The van der Waals surface area contributed by atoms with Crippen LogP contribution < -0.4 is 0 Å². The predicted molar refractivity (Wildman–Crippen MR) is 119 cm³/mol. The number of pyridine rings is 1. The summed E-state index contributed by atoms with van der Waals surface area (Å²) in [5.74, 6) is -0.712. The van der Waals surface area contributed by atoms with Crippen LogP contribution in [0.25, 0.3) is 21.9 Å². The summed E-state index contributed by atoms with van der Waals surface area (Å²) in [6.45, 7) is 3.12. The second-order valence-corrected chi connectivity index (χ2v) is 8.01. The van der Waals surface area contributed by atoms with E-state index >= 15 is 0 Å². The Labute approximate surface area is 181 Å². The van der Waals surface area contributed by atoms with Gasteiger partial charge in [0, 0.05) is 50.4 Å². The Hall–Kier alpha value is -3.28. The lowest BCUT2D eigenvalue weighted by Crippen LogP contribution is -2.47. The fourth-order valence-corrected chi connectivity index (χ4v) is 4.21. The van der Waals surface area contributed by atoms with Crippen molar-refractivity contribution in [3.63, 3.8) is 0 Å². The van der Waals surface area contributed by atoms with E-state index in [0.717, 1.165) is 21.9 Å². The molecule has 6 heteroatoms. The molecule has 31 heavy (non-hydrogen) atoms. The van der Waals surface area contributed by atoms with Gasteiger partial charge in [0.05, 0.1) is 5.56 Å². The second kappa shape index (κ2) is 8.84. The molecule has 1 aliphatic rings. The number of piperidine rings is 1. The van der Waals surface area contributed by atoms with Crippen molar-refractivity contribution in [1.82, 2.24) is 14.8 Å². The summed E-state index contributed by atoms with van der Waals surface area (Å²) in [4.78, 5) is 32.4. The molecular weight excluding hydrogens is 393 g/mol. The molecule has 1 aliphatic heterocycles. The van der Waals surface area contributed by atoms with Crippen LogP contribution in [-0.4, -0.2) is 52.8 Å². The number of likely N-dealkylation sites (tertiary alicyclic amines) is 1. The molecule has 0 N–H and O–H groups in total. The Bertz CT molecular complexity index is 1120. The van der Waals surface area contributed by atoms with Gasteiger partial charge in [0.25, 0.3) is 5.91 Å². The second-order valence-electron chi connectivity index (χ2n) is 8.01. The maximum absolute atomic E-state index is 14.9. The molecule has 0 aliphatic carbocycles. The van der Waals surface area contributed by atoms with Crippen molar-refractivity contribution < 1.29 is 14.0 Å². The van der Waals surface area contributed by atoms with Gasteiger partial charge in [-0.25, -0.2) is 4.39 Å². The predicted octanol–water partition coefficient (Wildman–Crippen LogP) is 4.51. The van der Waals surface area contributed by atoms with Gasteiger partial charge in [0.15, 0.2) is 0 Å². The fourth-order valence-electron chi connectivity index (χ4n) is 4.21. The first-order chi connectivity index (χ1) is 15.0. The third-order valence-corrected chi connectivity index (χ3v) is 6.16. The fraction of sp³-hybridized carbons (Fsp3) is 0.320. The first-order valence-electron chi connectivity index (χ1n) is 10.7. The standard InChI is InChI=1S/C25H26FN3O2/c1-3-24(30)29-12-9-21(10-13-29)28(2)25(31)22-7-6-18(15-23(22)26)17-4-5-20-16-27-11-8-19(20)14-17/h4-8,11,14-16,21H,3,9-10,12-13H2,1-2H3. The highest BCUT2D eigenvalue weighted by Crippen LogP contribution is 2.27. The molecule has 160 valence electrons. The van der Waals surface area contributed by atoms with E-state index in [-0.39, 0.29) is 23.4 Å². The maximum Gasteiger partial charge on any atom is 0.256 e. The van der Waals surface area contributed by atoms with Gasteiger partial charge in [0.2, 0.25) is 5.91 Å². The Morgan fingerprint density at radius 1 is 1.06 bits per heavy atom. The molecule has 5 nitrogen and oxygen atoms in total. The number of hydrogen-bond donors (Lipinski definition) is 0. The van der Waals surface area contributed by atoms with Crippen molar-refractivity contribution in [2.45, 2.75) is 32.2 Å². The zero-order chi connectivity index (χ0) is 22.0. The minimum absolute atomic E-state index is 0.00146. The Balaban J connectivity index is 1.49. The summed E-state index contributed by atoms with van der Waals surface area (Å²) in [7, 11) is 1.72. The lowest BCUT2D eigenvalue weighted by molar-refractivity contribution is -0.132. The molecule has 2 aromatic carbocycles. The smallest absolute Gasteiger partial charge is 0.256 e. The maximum atomic E-state index is 14.9. The van der Waals surface area contributed by atoms with E-state index in [1.807, 2.05) is 36.1 Å². The van der Waals surface area contributed by atoms with Gasteiger partial charge in [0.1, 0.15) is 5.82 Å². The van der Waals surface area contributed by atoms with E-state index < -0.39 is 5.82 Å². The van der Waals surface area contributed by atoms with Gasteiger partial charge in [-0.05, 0) is 53.6 Å². The van der Waals surface area contributed by atoms with Crippen molar-refractivity contribution in [1.29, 1.82) is 0 Å². The number of aromatic nitrogens is 1. The van der Waals surface area contributed by atoms with Gasteiger partial charge < -0.3 is 9.80 Å². The van der Waals surface area contributed by atoms with E-state index in [9.17, 15) is 14.0 Å². The number of carbonyl (C=O) groups excluding carboxylic acids is 2. The van der Waals surface area contributed by atoms with E-state index in [1.54, 1.807) is 36.5 Å². The van der Waals surface area contributed by atoms with Crippen LogP contribution in [0.3, 0.4) is 0 Å². The molecule has 2 heterocycles. The summed E-state index contributed by atoms with van der Waals surface area (Å²) in [5.41, 5.74) is 1.68. The highest BCUT2D eigenvalue weighted by Gasteiger charge is 2.28. The minimum Gasteiger partial charge on any atom is -0.343 e. The Kier molecular flexibility index (Phi) is 5.98. The van der Waals surface area contributed by atoms with E-state index in [0.29, 0.717) is 32.4 Å². The monoisotopic (exact) mass is 419 g/mol. The van der Waals surface area contributed by atoms with Crippen LogP contribution in [0.5, 0.6) is 0 Å². The van der Waals surface area contributed by atoms with Crippen LogP contribution in [0.2, 0.25) is 0 Å². The minimum atomic E-state index is -0.525. The number of halogens is 1. The third-order valence-electron chi connectivity index (χ3n) is 6.16. The van der Waals surface area contributed by atoms with Crippen LogP contribution in [0.1, 0.15) is 36.5 Å². The van der Waals surface area contributed by atoms with Crippen molar-refractivity contribution in [3.8, 4) is 11.1 Å². The largest absolute Gasteiger partial charge is 0.343 e.